The van der Waals surface area contributed by atoms with Gasteiger partial charge in [0, 0.05) is 6.42 Å². The fourth-order valence-corrected chi connectivity index (χ4v) is 0.953. The van der Waals surface area contributed by atoms with Crippen molar-refractivity contribution in [2.24, 2.45) is 0 Å². The van der Waals surface area contributed by atoms with Gasteiger partial charge in [-0.25, -0.2) is 0 Å². The van der Waals surface area contributed by atoms with E-state index in [1.54, 1.807) is 17.5 Å². The van der Waals surface area contributed by atoms with E-state index in [-0.39, 0.29) is 0 Å². The number of thiocarbonyl (C=S) groups is 1. The van der Waals surface area contributed by atoms with Crippen LogP contribution in [0.4, 0.5) is 0 Å². The highest BCUT2D eigenvalue weighted by Crippen LogP contribution is 2.14. The van der Waals surface area contributed by atoms with E-state index in [0.29, 0.717) is 12.2 Å². The normalized spacial score (nSPS) is 9.20. The lowest BCUT2D eigenvalue weighted by molar-refractivity contribution is 0.470. The first kappa shape index (κ1) is 7.22. The van der Waals surface area contributed by atoms with Crippen LogP contribution in [0.1, 0.15) is 5.56 Å². The molecule has 10 heavy (non-hydrogen) atoms. The number of aromatic hydroxyl groups is 1. The SMILES string of the molecule is Oc1ccccc1CC=S. The van der Waals surface area contributed by atoms with Gasteiger partial charge in [0.2, 0.25) is 0 Å². The highest BCUT2D eigenvalue weighted by molar-refractivity contribution is 7.78. The number of phenols is 1. The highest BCUT2D eigenvalue weighted by atomic mass is 32.1. The number of hydrogen-bond acceptors (Lipinski definition) is 2. The molecule has 0 aliphatic heterocycles. The van der Waals surface area contributed by atoms with E-state index in [4.69, 9.17) is 0 Å². The van der Waals surface area contributed by atoms with Gasteiger partial charge < -0.3 is 5.11 Å². The molecule has 0 radical (unpaired) electrons. The third kappa shape index (κ3) is 1.54. The first-order valence-electron chi connectivity index (χ1n) is 3.05. The second-order valence-corrected chi connectivity index (χ2v) is 2.33. The van der Waals surface area contributed by atoms with Crippen LogP contribution in [-0.4, -0.2) is 10.5 Å². The van der Waals surface area contributed by atoms with Crippen LogP contribution in [0.5, 0.6) is 5.75 Å². The second-order valence-electron chi connectivity index (χ2n) is 2.00. The lowest BCUT2D eigenvalue weighted by Gasteiger charge is -1.97. The minimum Gasteiger partial charge on any atom is -0.508 e. The van der Waals surface area contributed by atoms with E-state index >= 15 is 0 Å². The Balaban J connectivity index is 2.91. The molecule has 0 unspecified atom stereocenters. The molecule has 0 fully saturated rings. The Hall–Kier alpha value is -0.890. The minimum atomic E-state index is 0.323. The fourth-order valence-electron chi connectivity index (χ4n) is 0.773. The van der Waals surface area contributed by atoms with Gasteiger partial charge in [0.15, 0.2) is 0 Å². The summed E-state index contributed by atoms with van der Waals surface area (Å²) in [6.45, 7) is 0. The van der Waals surface area contributed by atoms with Crippen LogP contribution in [0.15, 0.2) is 24.3 Å². The van der Waals surface area contributed by atoms with E-state index in [1.165, 1.54) is 0 Å². The summed E-state index contributed by atoms with van der Waals surface area (Å²) in [6, 6.07) is 7.20. The zero-order valence-corrected chi connectivity index (χ0v) is 6.27. The van der Waals surface area contributed by atoms with Gasteiger partial charge in [-0.3, -0.25) is 0 Å². The molecule has 1 nitrogen and oxygen atoms in total. The van der Waals surface area contributed by atoms with E-state index in [1.807, 2.05) is 12.1 Å². The first-order valence-corrected chi connectivity index (χ1v) is 3.52. The lowest BCUT2D eigenvalue weighted by atomic mass is 10.1. The van der Waals surface area contributed by atoms with E-state index < -0.39 is 0 Å². The van der Waals surface area contributed by atoms with Gasteiger partial charge in [0.05, 0.1) is 0 Å². The molecule has 52 valence electrons. The van der Waals surface area contributed by atoms with Gasteiger partial charge in [-0.05, 0) is 17.0 Å². The molecule has 0 saturated heterocycles. The van der Waals surface area contributed by atoms with Crippen molar-refractivity contribution in [2.75, 3.05) is 0 Å². The van der Waals surface area contributed by atoms with Crippen molar-refractivity contribution in [3.63, 3.8) is 0 Å². The van der Waals surface area contributed by atoms with E-state index in [0.717, 1.165) is 5.56 Å². The van der Waals surface area contributed by atoms with Gasteiger partial charge in [-0.1, -0.05) is 30.4 Å². The number of rotatable bonds is 2. The predicted octanol–water partition coefficient (Wildman–Crippen LogP) is 1.93. The molecule has 0 spiro atoms. The average molecular weight is 152 g/mol. The van der Waals surface area contributed by atoms with Gasteiger partial charge in [0.1, 0.15) is 5.75 Å². The molecule has 0 bridgehead atoms. The maximum absolute atomic E-state index is 9.18. The van der Waals surface area contributed by atoms with Crippen LogP contribution in [0.25, 0.3) is 0 Å². The number of phenolic OH excluding ortho intramolecular Hbond substituents is 1. The Labute approximate surface area is 65.3 Å². The predicted molar refractivity (Wildman–Crippen MR) is 45.5 cm³/mol. The van der Waals surface area contributed by atoms with Crippen LogP contribution in [0, 0.1) is 0 Å². The summed E-state index contributed by atoms with van der Waals surface area (Å²) in [6.07, 6.45) is 0.655. The molecule has 2 heteroatoms. The largest absolute Gasteiger partial charge is 0.508 e. The maximum atomic E-state index is 9.18. The van der Waals surface area contributed by atoms with Crippen molar-refractivity contribution in [2.45, 2.75) is 6.42 Å². The summed E-state index contributed by atoms with van der Waals surface area (Å²) in [5, 5.41) is 10.8. The summed E-state index contributed by atoms with van der Waals surface area (Å²) in [4.78, 5) is 0. The molecule has 0 atom stereocenters. The molecule has 1 N–H and O–H groups in total. The van der Waals surface area contributed by atoms with Crippen molar-refractivity contribution in [3.05, 3.63) is 29.8 Å². The molecule has 0 amide bonds. The zero-order valence-electron chi connectivity index (χ0n) is 5.45. The molecule has 0 aliphatic carbocycles. The number of hydrogen-bond donors (Lipinski definition) is 1. The summed E-state index contributed by atoms with van der Waals surface area (Å²) < 4.78 is 0. The first-order chi connectivity index (χ1) is 4.84. The van der Waals surface area contributed by atoms with Crippen molar-refractivity contribution < 1.29 is 5.11 Å². The molecular formula is C8H8OS. The monoisotopic (exact) mass is 152 g/mol. The smallest absolute Gasteiger partial charge is 0.119 e. The standard InChI is InChI=1S/C8H8OS/c9-8-4-2-1-3-7(8)5-6-10/h1-4,6,9H,5H2. The van der Waals surface area contributed by atoms with Crippen LogP contribution in [0.3, 0.4) is 0 Å². The van der Waals surface area contributed by atoms with Crippen molar-refractivity contribution in [3.8, 4) is 5.75 Å². The van der Waals surface area contributed by atoms with Crippen molar-refractivity contribution >= 4 is 17.6 Å². The van der Waals surface area contributed by atoms with E-state index in [9.17, 15) is 5.11 Å². The average Bonchev–Trinajstić information content (AvgIpc) is 1.94. The topological polar surface area (TPSA) is 20.2 Å². The Morgan fingerprint density at radius 1 is 1.40 bits per heavy atom. The molecule has 1 aromatic carbocycles. The quantitative estimate of drug-likeness (QED) is 0.653. The fraction of sp³-hybridized carbons (Fsp3) is 0.125. The Morgan fingerprint density at radius 2 is 2.10 bits per heavy atom. The molecule has 1 rings (SSSR count). The molecule has 0 heterocycles. The molecule has 1 aromatic rings. The maximum Gasteiger partial charge on any atom is 0.119 e. The lowest BCUT2D eigenvalue weighted by Crippen LogP contribution is -1.83. The van der Waals surface area contributed by atoms with Gasteiger partial charge in [-0.15, -0.1) is 0 Å². The molecule has 0 aliphatic rings. The number of para-hydroxylation sites is 1. The molecule has 0 aromatic heterocycles. The van der Waals surface area contributed by atoms with Crippen LogP contribution in [-0.2, 0) is 6.42 Å². The summed E-state index contributed by atoms with van der Waals surface area (Å²) >= 11 is 4.66. The zero-order chi connectivity index (χ0) is 7.40. The molecular weight excluding hydrogens is 144 g/mol. The number of benzene rings is 1. The van der Waals surface area contributed by atoms with Crippen LogP contribution in [0.2, 0.25) is 0 Å². The van der Waals surface area contributed by atoms with E-state index in [2.05, 4.69) is 12.2 Å². The van der Waals surface area contributed by atoms with Gasteiger partial charge in [-0.2, -0.15) is 0 Å². The van der Waals surface area contributed by atoms with Crippen molar-refractivity contribution in [1.82, 2.24) is 0 Å². The summed E-state index contributed by atoms with van der Waals surface area (Å²) in [7, 11) is 0. The second kappa shape index (κ2) is 3.32. The Kier molecular flexibility index (Phi) is 2.40. The van der Waals surface area contributed by atoms with Crippen LogP contribution < -0.4 is 0 Å². The highest BCUT2D eigenvalue weighted by Gasteiger charge is 1.94. The van der Waals surface area contributed by atoms with Crippen molar-refractivity contribution in [1.29, 1.82) is 0 Å². The third-order valence-corrected chi connectivity index (χ3v) is 1.46. The molecule has 0 saturated carbocycles. The minimum absolute atomic E-state index is 0.323. The van der Waals surface area contributed by atoms with Crippen LogP contribution >= 0.6 is 12.2 Å². The Bertz CT molecular complexity index is 232. The Morgan fingerprint density at radius 3 is 2.70 bits per heavy atom. The van der Waals surface area contributed by atoms with Gasteiger partial charge in [0.25, 0.3) is 0 Å². The summed E-state index contributed by atoms with van der Waals surface area (Å²) in [5.74, 6) is 0.323. The third-order valence-electron chi connectivity index (χ3n) is 1.29. The van der Waals surface area contributed by atoms with Gasteiger partial charge >= 0.3 is 0 Å². The summed E-state index contributed by atoms with van der Waals surface area (Å²) in [5.41, 5.74) is 0.887.